The van der Waals surface area contributed by atoms with Crippen molar-refractivity contribution in [2.45, 2.75) is 26.2 Å². The molecule has 0 atom stereocenters. The Morgan fingerprint density at radius 3 is 2.21 bits per heavy atom. The Kier molecular flexibility index (Phi) is 3.81. The van der Waals surface area contributed by atoms with Crippen molar-refractivity contribution >= 4 is 23.0 Å². The number of benzene rings is 2. The van der Waals surface area contributed by atoms with Crippen LogP contribution in [0, 0.1) is 5.82 Å². The number of halogens is 2. The van der Waals surface area contributed by atoms with Crippen LogP contribution in [0.3, 0.4) is 0 Å². The summed E-state index contributed by atoms with van der Waals surface area (Å²) in [5.74, 6) is -0.419. The standard InChI is InChI=1S/C16H17ClFN/c1-16(2,3)11-7-9-12(10-8-11)19-14-6-4-5-13(18)15(14)17/h4-10,19H,1-3H3. The minimum absolute atomic E-state index is 0.113. The van der Waals surface area contributed by atoms with Gasteiger partial charge in [-0.1, -0.05) is 50.6 Å². The summed E-state index contributed by atoms with van der Waals surface area (Å²) >= 11 is 5.91. The molecule has 100 valence electrons. The van der Waals surface area contributed by atoms with Gasteiger partial charge in [0.1, 0.15) is 5.82 Å². The summed E-state index contributed by atoms with van der Waals surface area (Å²) in [6.45, 7) is 6.50. The van der Waals surface area contributed by atoms with Gasteiger partial charge in [0, 0.05) is 5.69 Å². The van der Waals surface area contributed by atoms with Crippen LogP contribution < -0.4 is 5.32 Å². The smallest absolute Gasteiger partial charge is 0.143 e. The van der Waals surface area contributed by atoms with Crippen molar-refractivity contribution in [2.75, 3.05) is 5.32 Å². The van der Waals surface area contributed by atoms with Gasteiger partial charge in [0.2, 0.25) is 0 Å². The Hall–Kier alpha value is -1.54. The second-order valence-electron chi connectivity index (χ2n) is 5.55. The van der Waals surface area contributed by atoms with Crippen molar-refractivity contribution in [2.24, 2.45) is 0 Å². The largest absolute Gasteiger partial charge is 0.354 e. The quantitative estimate of drug-likeness (QED) is 0.762. The summed E-state index contributed by atoms with van der Waals surface area (Å²) in [5, 5.41) is 3.23. The van der Waals surface area contributed by atoms with E-state index < -0.39 is 5.82 Å². The van der Waals surface area contributed by atoms with Crippen LogP contribution in [0.4, 0.5) is 15.8 Å². The molecule has 1 N–H and O–H groups in total. The van der Waals surface area contributed by atoms with Crippen molar-refractivity contribution in [1.29, 1.82) is 0 Å². The van der Waals surface area contributed by atoms with E-state index in [-0.39, 0.29) is 10.4 Å². The topological polar surface area (TPSA) is 12.0 Å². The predicted molar refractivity (Wildman–Crippen MR) is 79.8 cm³/mol. The highest BCUT2D eigenvalue weighted by molar-refractivity contribution is 6.33. The fourth-order valence-corrected chi connectivity index (χ4v) is 1.98. The molecule has 0 spiro atoms. The second kappa shape index (κ2) is 5.22. The highest BCUT2D eigenvalue weighted by Crippen LogP contribution is 2.29. The maximum absolute atomic E-state index is 13.3. The molecule has 0 aliphatic rings. The molecule has 1 nitrogen and oxygen atoms in total. The zero-order valence-electron chi connectivity index (χ0n) is 11.3. The van der Waals surface area contributed by atoms with E-state index in [9.17, 15) is 4.39 Å². The first-order valence-electron chi connectivity index (χ1n) is 6.19. The van der Waals surface area contributed by atoms with E-state index in [0.717, 1.165) is 5.69 Å². The molecule has 0 aliphatic carbocycles. The maximum Gasteiger partial charge on any atom is 0.143 e. The van der Waals surface area contributed by atoms with E-state index >= 15 is 0 Å². The van der Waals surface area contributed by atoms with Gasteiger partial charge < -0.3 is 5.32 Å². The molecule has 0 fully saturated rings. The van der Waals surface area contributed by atoms with Crippen molar-refractivity contribution in [3.05, 3.63) is 58.9 Å². The van der Waals surface area contributed by atoms with E-state index in [1.807, 2.05) is 12.1 Å². The molecule has 0 radical (unpaired) electrons. The van der Waals surface area contributed by atoms with Crippen LogP contribution in [0.5, 0.6) is 0 Å². The molecule has 0 bridgehead atoms. The number of hydrogen-bond acceptors (Lipinski definition) is 1. The van der Waals surface area contributed by atoms with Gasteiger partial charge in [-0.05, 0) is 35.2 Å². The average Bonchev–Trinajstić information content (AvgIpc) is 2.35. The first kappa shape index (κ1) is 13.9. The molecule has 0 aromatic heterocycles. The Morgan fingerprint density at radius 2 is 1.63 bits per heavy atom. The van der Waals surface area contributed by atoms with Gasteiger partial charge in [-0.3, -0.25) is 0 Å². The fourth-order valence-electron chi connectivity index (χ4n) is 1.81. The van der Waals surface area contributed by atoms with E-state index in [1.54, 1.807) is 12.1 Å². The Balaban J connectivity index is 2.23. The van der Waals surface area contributed by atoms with Crippen molar-refractivity contribution in [3.63, 3.8) is 0 Å². The fraction of sp³-hybridized carbons (Fsp3) is 0.250. The molecule has 3 heteroatoms. The maximum atomic E-state index is 13.3. The van der Waals surface area contributed by atoms with Crippen LogP contribution in [-0.2, 0) is 5.41 Å². The molecular weight excluding hydrogens is 261 g/mol. The van der Waals surface area contributed by atoms with Gasteiger partial charge in [0.15, 0.2) is 0 Å². The molecule has 2 aromatic rings. The third kappa shape index (κ3) is 3.27. The second-order valence-corrected chi connectivity index (χ2v) is 5.93. The summed E-state index contributed by atoms with van der Waals surface area (Å²) in [6, 6.07) is 12.8. The minimum atomic E-state index is -0.419. The van der Waals surface area contributed by atoms with Gasteiger partial charge in [-0.15, -0.1) is 0 Å². The molecule has 0 heterocycles. The van der Waals surface area contributed by atoms with Gasteiger partial charge in [-0.2, -0.15) is 0 Å². The van der Waals surface area contributed by atoms with Crippen LogP contribution >= 0.6 is 11.6 Å². The third-order valence-electron chi connectivity index (χ3n) is 2.98. The zero-order valence-corrected chi connectivity index (χ0v) is 12.1. The molecule has 2 aromatic carbocycles. The average molecular weight is 278 g/mol. The summed E-state index contributed by atoms with van der Waals surface area (Å²) in [5.41, 5.74) is 2.84. The Morgan fingerprint density at radius 1 is 1.00 bits per heavy atom. The van der Waals surface area contributed by atoms with Crippen molar-refractivity contribution in [1.82, 2.24) is 0 Å². The molecule has 0 amide bonds. The van der Waals surface area contributed by atoms with Crippen molar-refractivity contribution in [3.8, 4) is 0 Å². The van der Waals surface area contributed by atoms with E-state index in [2.05, 4.69) is 38.2 Å². The molecule has 2 rings (SSSR count). The Labute approximate surface area is 118 Å². The molecule has 0 aliphatic heterocycles. The highest BCUT2D eigenvalue weighted by Gasteiger charge is 2.13. The van der Waals surface area contributed by atoms with Crippen LogP contribution in [0.1, 0.15) is 26.3 Å². The van der Waals surface area contributed by atoms with Crippen LogP contribution in [0.15, 0.2) is 42.5 Å². The lowest BCUT2D eigenvalue weighted by molar-refractivity contribution is 0.590. The highest BCUT2D eigenvalue weighted by atomic mass is 35.5. The number of nitrogens with one attached hydrogen (secondary N) is 1. The molecule has 0 saturated heterocycles. The van der Waals surface area contributed by atoms with E-state index in [4.69, 9.17) is 11.6 Å². The van der Waals surface area contributed by atoms with Crippen LogP contribution in [-0.4, -0.2) is 0 Å². The monoisotopic (exact) mass is 277 g/mol. The van der Waals surface area contributed by atoms with Crippen molar-refractivity contribution < 1.29 is 4.39 Å². The first-order valence-corrected chi connectivity index (χ1v) is 6.57. The van der Waals surface area contributed by atoms with Crippen LogP contribution in [0.2, 0.25) is 5.02 Å². The summed E-state index contributed by atoms with van der Waals surface area (Å²) in [4.78, 5) is 0. The lowest BCUT2D eigenvalue weighted by Crippen LogP contribution is -2.10. The lowest BCUT2D eigenvalue weighted by atomic mass is 9.87. The molecule has 19 heavy (non-hydrogen) atoms. The van der Waals surface area contributed by atoms with Crippen LogP contribution in [0.25, 0.3) is 0 Å². The van der Waals surface area contributed by atoms with Gasteiger partial charge in [-0.25, -0.2) is 4.39 Å². The van der Waals surface area contributed by atoms with E-state index in [1.165, 1.54) is 11.6 Å². The Bertz CT molecular complexity index is 570. The lowest BCUT2D eigenvalue weighted by Gasteiger charge is -2.19. The minimum Gasteiger partial charge on any atom is -0.354 e. The number of hydrogen-bond donors (Lipinski definition) is 1. The normalized spacial score (nSPS) is 11.4. The molecule has 0 unspecified atom stereocenters. The SMILES string of the molecule is CC(C)(C)c1ccc(Nc2cccc(F)c2Cl)cc1. The van der Waals surface area contributed by atoms with Gasteiger partial charge in [0.05, 0.1) is 10.7 Å². The number of anilines is 2. The summed E-state index contributed by atoms with van der Waals surface area (Å²) < 4.78 is 13.3. The third-order valence-corrected chi connectivity index (χ3v) is 3.37. The van der Waals surface area contributed by atoms with Gasteiger partial charge in [0.25, 0.3) is 0 Å². The number of rotatable bonds is 2. The summed E-state index contributed by atoms with van der Waals surface area (Å²) in [6.07, 6.45) is 0. The first-order chi connectivity index (χ1) is 8.88. The zero-order chi connectivity index (χ0) is 14.0. The molecule has 0 saturated carbocycles. The summed E-state index contributed by atoms with van der Waals surface area (Å²) in [7, 11) is 0. The molecular formula is C16H17ClFN. The van der Waals surface area contributed by atoms with Gasteiger partial charge >= 0.3 is 0 Å². The predicted octanol–water partition coefficient (Wildman–Crippen LogP) is 5.52. The van der Waals surface area contributed by atoms with E-state index in [0.29, 0.717) is 5.69 Å².